The van der Waals surface area contributed by atoms with E-state index >= 15 is 4.39 Å². The van der Waals surface area contributed by atoms with Gasteiger partial charge in [0.05, 0.1) is 17.8 Å². The number of ether oxygens (including phenoxy) is 2. The van der Waals surface area contributed by atoms with Crippen molar-refractivity contribution in [1.82, 2.24) is 5.32 Å². The molecule has 4 rings (SSSR count). The number of benzene rings is 2. The molecule has 2 aliphatic rings. The number of hydrogen-bond acceptors (Lipinski definition) is 5. The number of amides is 2. The van der Waals surface area contributed by atoms with Gasteiger partial charge in [-0.15, -0.1) is 0 Å². The fourth-order valence-electron chi connectivity index (χ4n) is 4.12. The zero-order chi connectivity index (χ0) is 28.0. The Hall–Kier alpha value is -3.42. The minimum Gasteiger partial charge on any atom is -0.488 e. The van der Waals surface area contributed by atoms with Crippen molar-refractivity contribution >= 4 is 58.0 Å². The van der Waals surface area contributed by atoms with Gasteiger partial charge >= 0.3 is 6.09 Å². The summed E-state index contributed by atoms with van der Waals surface area (Å²) in [5.74, 6) is -0.943. The van der Waals surface area contributed by atoms with Gasteiger partial charge in [0.25, 0.3) is 5.91 Å². The number of nitrogens with zero attached hydrogens (tertiary/aromatic N) is 3. The van der Waals surface area contributed by atoms with Gasteiger partial charge in [-0.2, -0.15) is 0 Å². The van der Waals surface area contributed by atoms with Crippen molar-refractivity contribution in [2.45, 2.75) is 64.1 Å². The average molecular weight is 559 g/mol. The molecule has 2 amide bonds. The summed E-state index contributed by atoms with van der Waals surface area (Å²) in [6, 6.07) is 8.98. The van der Waals surface area contributed by atoms with Crippen molar-refractivity contribution in [3.8, 4) is 5.75 Å². The number of hydrogen-bond donors (Lipinski definition) is 1. The smallest absolute Gasteiger partial charge is 0.408 e. The van der Waals surface area contributed by atoms with E-state index in [1.807, 2.05) is 0 Å². The average Bonchev–Trinajstić information content (AvgIpc) is 3.52. The highest BCUT2D eigenvalue weighted by Crippen LogP contribution is 2.40. The third-order valence-corrected chi connectivity index (χ3v) is 6.94. The summed E-state index contributed by atoms with van der Waals surface area (Å²) in [6.45, 7) is 16.0. The normalized spacial score (nSPS) is 17.7. The predicted molar refractivity (Wildman–Crippen MR) is 148 cm³/mol. The standard InChI is InChI=1S/C27H28ClFN4O4S/c1-25(2,3)37-23(35)31-27(11-12-27)15-36-21-10-8-17(14-19(21)29)33-24(38)32(22(34)26(33,4)5)16-7-9-20(30-6)18(28)13-16/h7-10,13-14H,11-12,15H2,1-5H3,(H,31,35). The summed E-state index contributed by atoms with van der Waals surface area (Å²) in [7, 11) is 0. The van der Waals surface area contributed by atoms with Crippen LogP contribution in [-0.4, -0.2) is 40.4 Å². The number of nitrogens with one attached hydrogen (secondary N) is 1. The van der Waals surface area contributed by atoms with E-state index in [9.17, 15) is 9.59 Å². The molecule has 1 N–H and O–H groups in total. The first-order chi connectivity index (χ1) is 17.7. The first kappa shape index (κ1) is 27.6. The Morgan fingerprint density at radius 1 is 1.21 bits per heavy atom. The van der Waals surface area contributed by atoms with Crippen LogP contribution < -0.4 is 19.9 Å². The number of rotatable bonds is 6. The Kier molecular flexibility index (Phi) is 7.06. The van der Waals surface area contributed by atoms with Crippen LogP contribution in [0.3, 0.4) is 0 Å². The van der Waals surface area contributed by atoms with E-state index in [1.54, 1.807) is 51.7 Å². The molecule has 38 heavy (non-hydrogen) atoms. The second kappa shape index (κ2) is 9.71. The van der Waals surface area contributed by atoms with Gasteiger partial charge in [0.15, 0.2) is 16.7 Å². The third-order valence-electron chi connectivity index (χ3n) is 6.28. The van der Waals surface area contributed by atoms with Crippen LogP contribution >= 0.6 is 23.8 Å². The number of carbonyl (C=O) groups is 2. The Morgan fingerprint density at radius 2 is 1.87 bits per heavy atom. The Labute approximate surface area is 231 Å². The minimum atomic E-state index is -1.12. The number of carbonyl (C=O) groups excluding carboxylic acids is 2. The van der Waals surface area contributed by atoms with Crippen LogP contribution in [0.5, 0.6) is 5.75 Å². The van der Waals surface area contributed by atoms with Gasteiger partial charge in [-0.25, -0.2) is 14.0 Å². The molecule has 2 aromatic carbocycles. The third kappa shape index (κ3) is 5.40. The topological polar surface area (TPSA) is 75.5 Å². The Balaban J connectivity index is 1.51. The lowest BCUT2D eigenvalue weighted by atomic mass is 10.0. The van der Waals surface area contributed by atoms with Gasteiger partial charge in [-0.05, 0) is 83.9 Å². The van der Waals surface area contributed by atoms with Crippen molar-refractivity contribution < 1.29 is 23.5 Å². The number of thiocarbonyl (C=S) groups is 1. The molecule has 0 atom stereocenters. The molecule has 2 aromatic rings. The van der Waals surface area contributed by atoms with E-state index in [2.05, 4.69) is 10.2 Å². The van der Waals surface area contributed by atoms with Gasteiger partial charge < -0.3 is 19.7 Å². The lowest BCUT2D eigenvalue weighted by Gasteiger charge is -2.29. The molecule has 11 heteroatoms. The number of anilines is 2. The Morgan fingerprint density at radius 3 is 2.42 bits per heavy atom. The molecule has 0 aromatic heterocycles. The van der Waals surface area contributed by atoms with Gasteiger partial charge in [0, 0.05) is 16.8 Å². The van der Waals surface area contributed by atoms with Crippen molar-refractivity contribution in [3.05, 3.63) is 58.7 Å². The van der Waals surface area contributed by atoms with E-state index in [0.717, 1.165) is 0 Å². The summed E-state index contributed by atoms with van der Waals surface area (Å²) >= 11 is 11.8. The fourth-order valence-corrected chi connectivity index (χ4v) is 4.86. The molecule has 8 nitrogen and oxygen atoms in total. The van der Waals surface area contributed by atoms with Gasteiger partial charge in [-0.3, -0.25) is 9.69 Å². The van der Waals surface area contributed by atoms with E-state index < -0.39 is 28.6 Å². The van der Waals surface area contributed by atoms with E-state index in [1.165, 1.54) is 29.2 Å². The number of halogens is 2. The molecular formula is C27H28ClFN4O4S. The maximum absolute atomic E-state index is 15.2. The van der Waals surface area contributed by atoms with E-state index in [-0.39, 0.29) is 34.1 Å². The van der Waals surface area contributed by atoms with Gasteiger partial charge in [-0.1, -0.05) is 17.7 Å². The van der Waals surface area contributed by atoms with E-state index in [0.29, 0.717) is 24.2 Å². The SMILES string of the molecule is [C-]#[N+]c1ccc(N2C(=O)C(C)(C)N(c3ccc(OCC4(NC(=O)OC(C)(C)C)CC4)c(F)c3)C2=S)cc1Cl. The highest BCUT2D eigenvalue weighted by atomic mass is 35.5. The van der Waals surface area contributed by atoms with Crippen LogP contribution in [-0.2, 0) is 9.53 Å². The molecule has 200 valence electrons. The van der Waals surface area contributed by atoms with Crippen molar-refractivity contribution in [1.29, 1.82) is 0 Å². The molecule has 1 saturated heterocycles. The minimum absolute atomic E-state index is 0.0126. The summed E-state index contributed by atoms with van der Waals surface area (Å²) in [4.78, 5) is 31.8. The zero-order valence-electron chi connectivity index (χ0n) is 21.7. The van der Waals surface area contributed by atoms with Crippen molar-refractivity contribution in [2.75, 3.05) is 16.4 Å². The fraction of sp³-hybridized carbons (Fsp3) is 0.407. The molecule has 2 fully saturated rings. The lowest BCUT2D eigenvalue weighted by molar-refractivity contribution is -0.120. The molecule has 1 aliphatic carbocycles. The van der Waals surface area contributed by atoms with Crippen LogP contribution in [0.4, 0.5) is 26.2 Å². The summed E-state index contributed by atoms with van der Waals surface area (Å²) < 4.78 is 26.2. The molecule has 0 spiro atoms. The molecule has 1 saturated carbocycles. The molecule has 1 aliphatic heterocycles. The van der Waals surface area contributed by atoms with Crippen molar-refractivity contribution in [3.63, 3.8) is 0 Å². The second-order valence-corrected chi connectivity index (χ2v) is 11.6. The lowest BCUT2D eigenvalue weighted by Crippen LogP contribution is -2.44. The quantitative estimate of drug-likeness (QED) is 0.327. The molecule has 0 bridgehead atoms. The molecular weight excluding hydrogens is 531 g/mol. The maximum atomic E-state index is 15.2. The largest absolute Gasteiger partial charge is 0.488 e. The highest BCUT2D eigenvalue weighted by Gasteiger charge is 2.50. The van der Waals surface area contributed by atoms with Gasteiger partial charge in [0.2, 0.25) is 5.69 Å². The second-order valence-electron chi connectivity index (χ2n) is 10.9. The zero-order valence-corrected chi connectivity index (χ0v) is 23.3. The van der Waals surface area contributed by atoms with Crippen LogP contribution in [0.25, 0.3) is 4.85 Å². The van der Waals surface area contributed by atoms with E-state index in [4.69, 9.17) is 39.9 Å². The maximum Gasteiger partial charge on any atom is 0.408 e. The Bertz CT molecular complexity index is 1360. The first-order valence-electron chi connectivity index (χ1n) is 12.0. The van der Waals surface area contributed by atoms with Crippen molar-refractivity contribution in [2.24, 2.45) is 0 Å². The first-order valence-corrected chi connectivity index (χ1v) is 12.8. The van der Waals surface area contributed by atoms with Crippen LogP contribution in [0.1, 0.15) is 47.5 Å². The highest BCUT2D eigenvalue weighted by molar-refractivity contribution is 7.81. The van der Waals surface area contributed by atoms with Crippen LogP contribution in [0.2, 0.25) is 5.02 Å². The molecule has 0 radical (unpaired) electrons. The predicted octanol–water partition coefficient (Wildman–Crippen LogP) is 6.38. The van der Waals surface area contributed by atoms with Crippen LogP contribution in [0, 0.1) is 12.4 Å². The monoisotopic (exact) mass is 558 g/mol. The summed E-state index contributed by atoms with van der Waals surface area (Å²) in [6.07, 6.45) is 0.848. The molecule has 1 heterocycles. The van der Waals surface area contributed by atoms with Gasteiger partial charge in [0.1, 0.15) is 17.7 Å². The summed E-state index contributed by atoms with van der Waals surface area (Å²) in [5, 5.41) is 3.17. The summed E-state index contributed by atoms with van der Waals surface area (Å²) in [5.41, 5.74) is -1.29. The van der Waals surface area contributed by atoms with Crippen LogP contribution in [0.15, 0.2) is 36.4 Å². The molecule has 0 unspecified atom stereocenters. The number of alkyl carbamates (subject to hydrolysis) is 1.